The van der Waals surface area contributed by atoms with Crippen LogP contribution >= 0.6 is 0 Å². The first-order valence-electron chi connectivity index (χ1n) is 8.51. The summed E-state index contributed by atoms with van der Waals surface area (Å²) in [6.45, 7) is 2.23. The van der Waals surface area contributed by atoms with Crippen molar-refractivity contribution in [2.75, 3.05) is 6.79 Å². The highest BCUT2D eigenvalue weighted by Gasteiger charge is 2.18. The fourth-order valence-electron chi connectivity index (χ4n) is 2.70. The molecule has 7 heteroatoms. The zero-order chi connectivity index (χ0) is 18.6. The second kappa shape index (κ2) is 7.41. The van der Waals surface area contributed by atoms with Crippen LogP contribution in [0.4, 0.5) is 0 Å². The third-order valence-electron chi connectivity index (χ3n) is 4.09. The molecule has 0 radical (unpaired) electrons. The Bertz CT molecular complexity index is 939. The quantitative estimate of drug-likeness (QED) is 0.722. The fourth-order valence-corrected chi connectivity index (χ4v) is 2.70. The Kier molecular flexibility index (Phi) is 4.65. The van der Waals surface area contributed by atoms with Crippen LogP contribution in [0.5, 0.6) is 17.2 Å². The number of pyridine rings is 1. The predicted octanol–water partition coefficient (Wildman–Crippen LogP) is 3.15. The topological polar surface area (TPSA) is 82.8 Å². The maximum atomic E-state index is 12.3. The van der Waals surface area contributed by atoms with Gasteiger partial charge in [-0.05, 0) is 42.8 Å². The average Bonchev–Trinajstić information content (AvgIpc) is 3.37. The maximum absolute atomic E-state index is 12.3. The van der Waals surface area contributed by atoms with Crippen LogP contribution in [-0.4, -0.2) is 23.8 Å². The van der Waals surface area contributed by atoms with Crippen LogP contribution in [0.3, 0.4) is 0 Å². The molecular weight excluding hydrogens is 348 g/mol. The summed E-state index contributed by atoms with van der Waals surface area (Å²) in [5, 5.41) is 2.85. The lowest BCUT2D eigenvalue weighted by Crippen LogP contribution is -2.35. The van der Waals surface area contributed by atoms with Gasteiger partial charge in [0.1, 0.15) is 11.5 Å². The van der Waals surface area contributed by atoms with E-state index in [0.29, 0.717) is 23.8 Å². The van der Waals surface area contributed by atoms with Crippen molar-refractivity contribution >= 4 is 5.91 Å². The Morgan fingerprint density at radius 1 is 1.22 bits per heavy atom. The van der Waals surface area contributed by atoms with Gasteiger partial charge in [-0.2, -0.15) is 0 Å². The number of hydrogen-bond donors (Lipinski definition) is 1. The van der Waals surface area contributed by atoms with E-state index in [1.54, 1.807) is 43.8 Å². The van der Waals surface area contributed by atoms with Crippen molar-refractivity contribution in [2.24, 2.45) is 0 Å². The number of nitrogens with one attached hydrogen (secondary N) is 1. The number of ether oxygens (including phenoxy) is 3. The molecule has 1 aromatic carbocycles. The van der Waals surface area contributed by atoms with Gasteiger partial charge in [0.25, 0.3) is 5.91 Å². The monoisotopic (exact) mass is 366 g/mol. The molecule has 0 saturated heterocycles. The van der Waals surface area contributed by atoms with Gasteiger partial charge in [-0.1, -0.05) is 0 Å². The Labute approximate surface area is 155 Å². The van der Waals surface area contributed by atoms with Gasteiger partial charge < -0.3 is 23.9 Å². The van der Waals surface area contributed by atoms with E-state index in [0.717, 1.165) is 16.9 Å². The Hall–Kier alpha value is -3.48. The van der Waals surface area contributed by atoms with Crippen molar-refractivity contribution < 1.29 is 23.4 Å². The third-order valence-corrected chi connectivity index (χ3v) is 4.09. The molecule has 4 rings (SSSR count). The van der Waals surface area contributed by atoms with E-state index in [-0.39, 0.29) is 12.7 Å². The highest BCUT2D eigenvalue weighted by molar-refractivity contribution is 5.80. The fraction of sp³-hybridized carbons (Fsp3) is 0.200. The van der Waals surface area contributed by atoms with Crippen LogP contribution in [0.15, 0.2) is 59.5 Å². The summed E-state index contributed by atoms with van der Waals surface area (Å²) in [6, 6.07) is 10.8. The van der Waals surface area contributed by atoms with Gasteiger partial charge in [-0.25, -0.2) is 0 Å². The Balaban J connectivity index is 1.34. The van der Waals surface area contributed by atoms with E-state index in [2.05, 4.69) is 10.3 Å². The molecule has 0 unspecified atom stereocenters. The summed E-state index contributed by atoms with van der Waals surface area (Å²) >= 11 is 0. The Morgan fingerprint density at radius 3 is 2.96 bits per heavy atom. The molecule has 1 amide bonds. The van der Waals surface area contributed by atoms with Crippen molar-refractivity contribution in [3.8, 4) is 28.6 Å². The van der Waals surface area contributed by atoms with Crippen LogP contribution in [0.2, 0.25) is 0 Å². The number of aromatic nitrogens is 1. The van der Waals surface area contributed by atoms with Crippen molar-refractivity contribution in [3.63, 3.8) is 0 Å². The molecule has 2 aromatic heterocycles. The minimum Gasteiger partial charge on any atom is -0.481 e. The number of furan rings is 1. The largest absolute Gasteiger partial charge is 0.481 e. The lowest BCUT2D eigenvalue weighted by molar-refractivity contribution is -0.127. The summed E-state index contributed by atoms with van der Waals surface area (Å²) in [7, 11) is 0. The van der Waals surface area contributed by atoms with Crippen LogP contribution in [0.1, 0.15) is 12.5 Å². The molecule has 0 saturated carbocycles. The van der Waals surface area contributed by atoms with E-state index >= 15 is 0 Å². The van der Waals surface area contributed by atoms with Crippen LogP contribution in [-0.2, 0) is 11.3 Å². The molecule has 1 aliphatic rings. The molecule has 27 heavy (non-hydrogen) atoms. The number of carbonyl (C=O) groups excluding carboxylic acids is 1. The average molecular weight is 366 g/mol. The molecular formula is C20H18N2O5. The number of benzene rings is 1. The van der Waals surface area contributed by atoms with Crippen molar-refractivity contribution in [1.82, 2.24) is 10.3 Å². The van der Waals surface area contributed by atoms with Crippen molar-refractivity contribution in [2.45, 2.75) is 19.6 Å². The van der Waals surface area contributed by atoms with Crippen LogP contribution in [0, 0.1) is 0 Å². The zero-order valence-electron chi connectivity index (χ0n) is 14.7. The molecule has 138 valence electrons. The van der Waals surface area contributed by atoms with Crippen molar-refractivity contribution in [1.29, 1.82) is 0 Å². The van der Waals surface area contributed by atoms with Gasteiger partial charge in [-0.3, -0.25) is 9.78 Å². The number of fused-ring (bicyclic) bond motifs is 1. The number of rotatable bonds is 6. The molecule has 3 aromatic rings. The highest BCUT2D eigenvalue weighted by atomic mass is 16.7. The summed E-state index contributed by atoms with van der Waals surface area (Å²) < 4.78 is 21.6. The van der Waals surface area contributed by atoms with Gasteiger partial charge in [0.05, 0.1) is 6.26 Å². The molecule has 1 N–H and O–H groups in total. The summed E-state index contributed by atoms with van der Waals surface area (Å²) in [5.41, 5.74) is 1.73. The molecule has 7 nitrogen and oxygen atoms in total. The molecule has 1 aliphatic heterocycles. The van der Waals surface area contributed by atoms with Gasteiger partial charge in [0.2, 0.25) is 6.79 Å². The molecule has 0 fully saturated rings. The smallest absolute Gasteiger partial charge is 0.261 e. The maximum Gasteiger partial charge on any atom is 0.261 e. The van der Waals surface area contributed by atoms with E-state index in [9.17, 15) is 4.79 Å². The summed E-state index contributed by atoms with van der Waals surface area (Å²) in [5.74, 6) is 2.33. The Morgan fingerprint density at radius 2 is 2.11 bits per heavy atom. The normalized spacial score (nSPS) is 13.2. The lowest BCUT2D eigenvalue weighted by Gasteiger charge is -2.15. The second-order valence-electron chi connectivity index (χ2n) is 6.05. The zero-order valence-corrected chi connectivity index (χ0v) is 14.7. The predicted molar refractivity (Wildman–Crippen MR) is 96.4 cm³/mol. The van der Waals surface area contributed by atoms with Crippen LogP contribution < -0.4 is 19.5 Å². The number of amides is 1. The summed E-state index contributed by atoms with van der Waals surface area (Å²) in [4.78, 5) is 16.5. The third kappa shape index (κ3) is 3.87. The number of nitrogens with zero attached hydrogens (tertiary/aromatic N) is 1. The first-order chi connectivity index (χ1) is 13.2. The van der Waals surface area contributed by atoms with E-state index < -0.39 is 6.10 Å². The van der Waals surface area contributed by atoms with Gasteiger partial charge in [0, 0.05) is 30.6 Å². The van der Waals surface area contributed by atoms with E-state index in [1.807, 2.05) is 18.2 Å². The van der Waals surface area contributed by atoms with E-state index in [1.165, 1.54) is 0 Å². The molecule has 1 atom stereocenters. The van der Waals surface area contributed by atoms with Gasteiger partial charge >= 0.3 is 0 Å². The van der Waals surface area contributed by atoms with Gasteiger partial charge in [-0.15, -0.1) is 0 Å². The van der Waals surface area contributed by atoms with Gasteiger partial charge in [0.15, 0.2) is 17.6 Å². The molecule has 0 spiro atoms. The van der Waals surface area contributed by atoms with Crippen LogP contribution in [0.25, 0.3) is 11.3 Å². The summed E-state index contributed by atoms with van der Waals surface area (Å²) in [6.07, 6.45) is 4.37. The SMILES string of the molecule is C[C@H](Oc1ccc2c(c1)OCO2)C(=O)NCc1cncc(-c2ccco2)c1. The molecule has 0 aliphatic carbocycles. The molecule has 3 heterocycles. The molecule has 0 bridgehead atoms. The highest BCUT2D eigenvalue weighted by Crippen LogP contribution is 2.35. The van der Waals surface area contributed by atoms with E-state index in [4.69, 9.17) is 18.6 Å². The lowest BCUT2D eigenvalue weighted by atomic mass is 10.1. The minimum atomic E-state index is -0.661. The first kappa shape index (κ1) is 17.0. The number of hydrogen-bond acceptors (Lipinski definition) is 6. The van der Waals surface area contributed by atoms with Crippen molar-refractivity contribution in [3.05, 3.63) is 60.6 Å². The number of carbonyl (C=O) groups is 1. The second-order valence-corrected chi connectivity index (χ2v) is 6.05. The minimum absolute atomic E-state index is 0.194. The first-order valence-corrected chi connectivity index (χ1v) is 8.51. The standard InChI is InChI=1S/C20H18N2O5/c1-13(27-16-4-5-18-19(8-16)26-12-25-18)20(23)22-10-14-7-15(11-21-9-14)17-3-2-6-24-17/h2-9,11,13H,10,12H2,1H3,(H,22,23)/t13-/m0/s1.